The summed E-state index contributed by atoms with van der Waals surface area (Å²) in [5.74, 6) is 1.26. The summed E-state index contributed by atoms with van der Waals surface area (Å²) < 4.78 is 0. The summed E-state index contributed by atoms with van der Waals surface area (Å²) in [6.45, 7) is 10.5. The van der Waals surface area contributed by atoms with E-state index in [1.165, 1.54) is 11.0 Å². The van der Waals surface area contributed by atoms with E-state index >= 15 is 0 Å². The van der Waals surface area contributed by atoms with E-state index in [1.54, 1.807) is 30.0 Å². The second kappa shape index (κ2) is 8.29. The largest absolute Gasteiger partial charge is 0.507 e. The first kappa shape index (κ1) is 20.9. The molecule has 3 rings (SSSR count). The number of nitrogens with one attached hydrogen (secondary N) is 1. The van der Waals surface area contributed by atoms with Gasteiger partial charge in [0.15, 0.2) is 0 Å². The maximum Gasteiger partial charge on any atom is 0.255 e. The lowest BCUT2D eigenvalue weighted by Gasteiger charge is -2.25. The maximum atomic E-state index is 12.4. The summed E-state index contributed by atoms with van der Waals surface area (Å²) in [5, 5.41) is 13.8. The van der Waals surface area contributed by atoms with Crippen molar-refractivity contribution in [2.45, 2.75) is 34.6 Å². The molecular weight excluding hydrogens is 384 g/mol. The molecule has 152 valence electrons. The van der Waals surface area contributed by atoms with Crippen LogP contribution in [0.4, 0.5) is 5.82 Å². The topological polar surface area (TPSA) is 78.4 Å². The predicted octanol–water partition coefficient (Wildman–Crippen LogP) is 4.51. The number of phenols is 1. The molecule has 1 amide bonds. The first-order chi connectivity index (χ1) is 13.6. The smallest absolute Gasteiger partial charge is 0.255 e. The number of thioether (sulfide) groups is 1. The van der Waals surface area contributed by atoms with Crippen LogP contribution in [0.1, 0.15) is 42.6 Å². The van der Waals surface area contributed by atoms with Crippen LogP contribution < -0.4 is 10.2 Å². The third-order valence-electron chi connectivity index (χ3n) is 4.38. The average Bonchev–Trinajstić information content (AvgIpc) is 2.99. The van der Waals surface area contributed by atoms with Crippen LogP contribution in [0.3, 0.4) is 0 Å². The first-order valence-electron chi connectivity index (χ1n) is 9.41. The van der Waals surface area contributed by atoms with Gasteiger partial charge in [0.2, 0.25) is 0 Å². The van der Waals surface area contributed by atoms with E-state index in [0.29, 0.717) is 6.54 Å². The Morgan fingerprint density at radius 2 is 1.97 bits per heavy atom. The number of nitrogens with zero attached hydrogens (tertiary/aromatic N) is 3. The molecule has 2 heterocycles. The Labute approximate surface area is 175 Å². The van der Waals surface area contributed by atoms with Gasteiger partial charge in [0.25, 0.3) is 5.91 Å². The van der Waals surface area contributed by atoms with Crippen molar-refractivity contribution in [3.05, 3.63) is 69.6 Å². The number of carbonyl (C=O) groups excluding carboxylic acids is 1. The van der Waals surface area contributed by atoms with Crippen LogP contribution in [0, 0.1) is 19.3 Å². The number of aromatic hydroxyl groups is 1. The highest BCUT2D eigenvalue weighted by Crippen LogP contribution is 2.40. The fourth-order valence-electron chi connectivity index (χ4n) is 3.04. The van der Waals surface area contributed by atoms with E-state index in [-0.39, 0.29) is 22.6 Å². The second-order valence-corrected chi connectivity index (χ2v) is 9.06. The summed E-state index contributed by atoms with van der Waals surface area (Å²) >= 11 is 1.68. The molecular formula is C22H26N4O2S. The van der Waals surface area contributed by atoms with E-state index in [0.717, 1.165) is 22.4 Å². The molecule has 0 bridgehead atoms. The van der Waals surface area contributed by atoms with E-state index in [2.05, 4.69) is 53.2 Å². The SMILES string of the molecule is CC1=CN(c2cc(C)nc(C)n2)C(=CC(C)(C)CNC(=O)c2ccccc2O)S1. The van der Waals surface area contributed by atoms with Crippen molar-refractivity contribution in [1.29, 1.82) is 0 Å². The Kier molecular flexibility index (Phi) is 5.98. The van der Waals surface area contributed by atoms with Gasteiger partial charge in [-0.25, -0.2) is 9.97 Å². The van der Waals surface area contributed by atoms with Crippen LogP contribution in [0.2, 0.25) is 0 Å². The minimum atomic E-state index is -0.309. The van der Waals surface area contributed by atoms with Crippen molar-refractivity contribution in [3.8, 4) is 5.75 Å². The molecule has 2 aromatic rings. The van der Waals surface area contributed by atoms with Gasteiger partial charge in [0.1, 0.15) is 17.4 Å². The summed E-state index contributed by atoms with van der Waals surface area (Å²) in [4.78, 5) is 24.6. The van der Waals surface area contributed by atoms with Crippen LogP contribution in [-0.4, -0.2) is 27.5 Å². The monoisotopic (exact) mass is 410 g/mol. The number of allylic oxidation sites excluding steroid dienone is 1. The molecule has 0 saturated carbocycles. The lowest BCUT2D eigenvalue weighted by atomic mass is 9.93. The maximum absolute atomic E-state index is 12.4. The predicted molar refractivity (Wildman–Crippen MR) is 118 cm³/mol. The van der Waals surface area contributed by atoms with Crippen molar-refractivity contribution >= 4 is 23.5 Å². The molecule has 1 aliphatic heterocycles. The quantitative estimate of drug-likeness (QED) is 0.755. The minimum absolute atomic E-state index is 0.0204. The van der Waals surface area contributed by atoms with Gasteiger partial charge in [-0.2, -0.15) is 0 Å². The number of aryl methyl sites for hydroxylation is 2. The molecule has 0 radical (unpaired) electrons. The summed E-state index contributed by atoms with van der Waals surface area (Å²) in [6, 6.07) is 8.50. The van der Waals surface area contributed by atoms with Gasteiger partial charge in [0, 0.05) is 34.8 Å². The van der Waals surface area contributed by atoms with E-state index < -0.39 is 0 Å². The molecule has 1 aromatic carbocycles. The fraction of sp³-hybridized carbons (Fsp3) is 0.318. The van der Waals surface area contributed by atoms with Crippen LogP contribution in [0.25, 0.3) is 0 Å². The first-order valence-corrected chi connectivity index (χ1v) is 10.2. The van der Waals surface area contributed by atoms with Gasteiger partial charge in [-0.1, -0.05) is 37.7 Å². The van der Waals surface area contributed by atoms with Gasteiger partial charge in [-0.15, -0.1) is 0 Å². The normalized spacial score (nSPS) is 15.6. The number of amides is 1. The number of benzene rings is 1. The Morgan fingerprint density at radius 3 is 2.66 bits per heavy atom. The third kappa shape index (κ3) is 5.17. The van der Waals surface area contributed by atoms with Crippen LogP contribution >= 0.6 is 11.8 Å². The summed E-state index contributed by atoms with van der Waals surface area (Å²) in [6.07, 6.45) is 4.21. The fourth-order valence-corrected chi connectivity index (χ4v) is 4.15. The zero-order valence-corrected chi connectivity index (χ0v) is 18.2. The van der Waals surface area contributed by atoms with Gasteiger partial charge in [-0.3, -0.25) is 9.69 Å². The average molecular weight is 411 g/mol. The Balaban J connectivity index is 1.77. The highest BCUT2D eigenvalue weighted by atomic mass is 32.2. The molecule has 0 unspecified atom stereocenters. The van der Waals surface area contributed by atoms with Crippen molar-refractivity contribution in [2.75, 3.05) is 11.4 Å². The summed E-state index contributed by atoms with van der Waals surface area (Å²) in [7, 11) is 0. The molecule has 7 heteroatoms. The molecule has 2 N–H and O–H groups in total. The number of phenolic OH excluding ortho intramolecular Hbond substituents is 1. The minimum Gasteiger partial charge on any atom is -0.507 e. The molecule has 0 aliphatic carbocycles. The Bertz CT molecular complexity index is 978. The highest BCUT2D eigenvalue weighted by molar-refractivity contribution is 8.07. The third-order valence-corrected chi connectivity index (χ3v) is 5.33. The van der Waals surface area contributed by atoms with Crippen molar-refractivity contribution < 1.29 is 9.90 Å². The zero-order valence-electron chi connectivity index (χ0n) is 17.4. The number of para-hydroxylation sites is 1. The van der Waals surface area contributed by atoms with Gasteiger partial charge < -0.3 is 10.4 Å². The zero-order chi connectivity index (χ0) is 21.2. The van der Waals surface area contributed by atoms with E-state index in [4.69, 9.17) is 0 Å². The standard InChI is InChI=1S/C22H26N4O2S/c1-14-10-19(25-16(3)24-14)26-12-15(2)29-20(26)11-22(4,5)13-23-21(28)17-8-6-7-9-18(17)27/h6-12,27H,13H2,1-5H3,(H,23,28). The lowest BCUT2D eigenvalue weighted by molar-refractivity contribution is 0.0940. The van der Waals surface area contributed by atoms with Crippen LogP contribution in [-0.2, 0) is 0 Å². The lowest BCUT2D eigenvalue weighted by Crippen LogP contribution is -2.33. The van der Waals surface area contributed by atoms with Gasteiger partial charge in [-0.05, 0) is 39.0 Å². The van der Waals surface area contributed by atoms with Crippen LogP contribution in [0.5, 0.6) is 5.75 Å². The molecule has 0 spiro atoms. The molecule has 0 saturated heterocycles. The molecule has 1 aromatic heterocycles. The Hall–Kier alpha value is -2.80. The number of aromatic nitrogens is 2. The van der Waals surface area contributed by atoms with Crippen LogP contribution in [0.15, 0.2) is 52.5 Å². The molecule has 29 heavy (non-hydrogen) atoms. The highest BCUT2D eigenvalue weighted by Gasteiger charge is 2.25. The number of anilines is 1. The molecule has 6 nitrogen and oxygen atoms in total. The Morgan fingerprint density at radius 1 is 1.24 bits per heavy atom. The number of hydrogen-bond donors (Lipinski definition) is 2. The molecule has 0 atom stereocenters. The second-order valence-electron chi connectivity index (χ2n) is 7.80. The van der Waals surface area contributed by atoms with Gasteiger partial charge >= 0.3 is 0 Å². The molecule has 0 fully saturated rings. The molecule has 1 aliphatic rings. The van der Waals surface area contributed by atoms with Crippen molar-refractivity contribution in [3.63, 3.8) is 0 Å². The summed E-state index contributed by atoms with van der Waals surface area (Å²) in [5.41, 5.74) is 0.886. The number of hydrogen-bond acceptors (Lipinski definition) is 6. The van der Waals surface area contributed by atoms with Crippen molar-refractivity contribution in [1.82, 2.24) is 15.3 Å². The van der Waals surface area contributed by atoms with E-state index in [9.17, 15) is 9.90 Å². The van der Waals surface area contributed by atoms with Gasteiger partial charge in [0.05, 0.1) is 10.6 Å². The number of rotatable bonds is 5. The van der Waals surface area contributed by atoms with Crippen molar-refractivity contribution in [2.24, 2.45) is 5.41 Å². The number of carbonyl (C=O) groups is 1. The van der Waals surface area contributed by atoms with E-state index in [1.807, 2.05) is 19.9 Å².